The third kappa shape index (κ3) is 4.29. The van der Waals surface area contributed by atoms with E-state index < -0.39 is 0 Å². The summed E-state index contributed by atoms with van der Waals surface area (Å²) in [6.07, 6.45) is 1.47. The summed E-state index contributed by atoms with van der Waals surface area (Å²) in [5.74, 6) is 1.93. The van der Waals surface area contributed by atoms with Gasteiger partial charge in [0.1, 0.15) is 30.4 Å². The molecule has 0 radical (unpaired) electrons. The second kappa shape index (κ2) is 8.18. The number of nitrogens with one attached hydrogen (secondary N) is 3. The molecule has 0 spiro atoms. The van der Waals surface area contributed by atoms with E-state index in [1.54, 1.807) is 0 Å². The van der Waals surface area contributed by atoms with Crippen LogP contribution in [0.25, 0.3) is 0 Å². The summed E-state index contributed by atoms with van der Waals surface area (Å²) in [6.45, 7) is 4.47. The van der Waals surface area contributed by atoms with Gasteiger partial charge >= 0.3 is 0 Å². The van der Waals surface area contributed by atoms with Crippen LogP contribution in [0.1, 0.15) is 19.4 Å². The van der Waals surface area contributed by atoms with E-state index in [2.05, 4.69) is 25.9 Å². The molecule has 0 saturated heterocycles. The lowest BCUT2D eigenvalue weighted by Crippen LogP contribution is -2.43. The van der Waals surface area contributed by atoms with E-state index in [1.165, 1.54) is 6.33 Å². The van der Waals surface area contributed by atoms with Crippen LogP contribution < -0.4 is 20.7 Å². The molecule has 29 heavy (non-hydrogen) atoms. The number of anilines is 4. The van der Waals surface area contributed by atoms with Gasteiger partial charge in [-0.2, -0.15) is 0 Å². The van der Waals surface area contributed by atoms with Gasteiger partial charge in [0.05, 0.1) is 0 Å². The number of carbonyl (C=O) groups is 1. The molecule has 1 amide bonds. The lowest BCUT2D eigenvalue weighted by molar-refractivity contribution is -0.117. The second-order valence-electron chi connectivity index (χ2n) is 7.23. The molecule has 1 aromatic heterocycles. The third-order valence-electron chi connectivity index (χ3n) is 4.68. The molecular formula is C22H23N5O2. The first-order valence-corrected chi connectivity index (χ1v) is 9.56. The van der Waals surface area contributed by atoms with Gasteiger partial charge in [0, 0.05) is 11.8 Å². The van der Waals surface area contributed by atoms with Gasteiger partial charge in [0.25, 0.3) is 0 Å². The van der Waals surface area contributed by atoms with Crippen molar-refractivity contribution in [2.24, 2.45) is 5.92 Å². The molecule has 0 saturated carbocycles. The van der Waals surface area contributed by atoms with Crippen molar-refractivity contribution in [1.82, 2.24) is 9.97 Å². The maximum absolute atomic E-state index is 12.4. The predicted octanol–water partition coefficient (Wildman–Crippen LogP) is 4.19. The van der Waals surface area contributed by atoms with E-state index in [9.17, 15) is 4.79 Å². The van der Waals surface area contributed by atoms with Gasteiger partial charge in [-0.15, -0.1) is 0 Å². The number of nitrogens with zero attached hydrogens (tertiary/aromatic N) is 2. The Bertz CT molecular complexity index is 1010. The molecule has 2 aromatic carbocycles. The summed E-state index contributed by atoms with van der Waals surface area (Å²) >= 11 is 0. The molecule has 4 rings (SSSR count). The predicted molar refractivity (Wildman–Crippen MR) is 113 cm³/mol. The fourth-order valence-corrected chi connectivity index (χ4v) is 3.13. The fraction of sp³-hybridized carbons (Fsp3) is 0.227. The van der Waals surface area contributed by atoms with Crippen molar-refractivity contribution < 1.29 is 9.53 Å². The van der Waals surface area contributed by atoms with Gasteiger partial charge in [-0.1, -0.05) is 50.2 Å². The summed E-state index contributed by atoms with van der Waals surface area (Å²) < 4.78 is 5.89. The summed E-state index contributed by atoms with van der Waals surface area (Å²) in [6, 6.07) is 17.3. The molecule has 7 heteroatoms. The summed E-state index contributed by atoms with van der Waals surface area (Å²) in [5.41, 5.74) is 2.45. The second-order valence-corrected chi connectivity index (χ2v) is 7.23. The molecule has 3 N–H and O–H groups in total. The van der Waals surface area contributed by atoms with Gasteiger partial charge < -0.3 is 20.7 Å². The van der Waals surface area contributed by atoms with Crippen LogP contribution in [0.15, 0.2) is 60.9 Å². The minimum atomic E-state index is -0.319. The summed E-state index contributed by atoms with van der Waals surface area (Å²) in [4.78, 5) is 21.0. The maximum atomic E-state index is 12.4. The highest BCUT2D eigenvalue weighted by Gasteiger charge is 2.30. The van der Waals surface area contributed by atoms with E-state index in [0.29, 0.717) is 23.9 Å². The molecule has 1 aliphatic heterocycles. The number of benzene rings is 2. The zero-order chi connectivity index (χ0) is 20.2. The summed E-state index contributed by atoms with van der Waals surface area (Å²) in [7, 11) is 0. The van der Waals surface area contributed by atoms with Gasteiger partial charge in [-0.3, -0.25) is 4.79 Å². The van der Waals surface area contributed by atoms with Crippen LogP contribution in [0.3, 0.4) is 0 Å². The molecule has 148 valence electrons. The Morgan fingerprint density at radius 3 is 2.72 bits per heavy atom. The monoisotopic (exact) mass is 389 g/mol. The van der Waals surface area contributed by atoms with Crippen molar-refractivity contribution in [3.63, 3.8) is 0 Å². The number of aromatic nitrogens is 2. The lowest BCUT2D eigenvalue weighted by Gasteiger charge is -2.29. The number of ether oxygens (including phenoxy) is 1. The van der Waals surface area contributed by atoms with Crippen molar-refractivity contribution in [2.75, 3.05) is 16.0 Å². The van der Waals surface area contributed by atoms with Crippen molar-refractivity contribution in [3.8, 4) is 5.75 Å². The van der Waals surface area contributed by atoms with Crippen molar-refractivity contribution in [2.45, 2.75) is 26.5 Å². The van der Waals surface area contributed by atoms with E-state index in [0.717, 1.165) is 17.0 Å². The van der Waals surface area contributed by atoms with Crippen LogP contribution in [0.2, 0.25) is 0 Å². The molecule has 1 aliphatic rings. The van der Waals surface area contributed by atoms with Gasteiger partial charge in [-0.05, 0) is 23.6 Å². The zero-order valence-corrected chi connectivity index (χ0v) is 16.3. The highest BCUT2D eigenvalue weighted by molar-refractivity contribution is 6.05. The minimum absolute atomic E-state index is 0.0923. The van der Waals surface area contributed by atoms with Gasteiger partial charge in [-0.25, -0.2) is 9.97 Å². The first-order chi connectivity index (χ1) is 14.1. The largest absolute Gasteiger partial charge is 0.489 e. The van der Waals surface area contributed by atoms with Crippen molar-refractivity contribution >= 4 is 28.9 Å². The Kier molecular flexibility index (Phi) is 5.29. The SMILES string of the molecule is CC(C)[C@@H]1Nc2ncnc(Nc3cccc(OCc4ccccc4)c3)c2NC1=O. The van der Waals surface area contributed by atoms with Crippen LogP contribution in [0.4, 0.5) is 23.0 Å². The number of hydrogen-bond donors (Lipinski definition) is 3. The number of hydrogen-bond acceptors (Lipinski definition) is 6. The number of rotatable bonds is 6. The average molecular weight is 389 g/mol. The molecular weight excluding hydrogens is 366 g/mol. The minimum Gasteiger partial charge on any atom is -0.489 e. The quantitative estimate of drug-likeness (QED) is 0.586. The Morgan fingerprint density at radius 2 is 1.93 bits per heavy atom. The first kappa shape index (κ1) is 18.7. The van der Waals surface area contributed by atoms with Crippen molar-refractivity contribution in [3.05, 3.63) is 66.5 Å². The smallest absolute Gasteiger partial charge is 0.247 e. The molecule has 0 aliphatic carbocycles. The van der Waals surface area contributed by atoms with Crippen LogP contribution >= 0.6 is 0 Å². The van der Waals surface area contributed by atoms with Crippen LogP contribution in [-0.2, 0) is 11.4 Å². The van der Waals surface area contributed by atoms with Crippen molar-refractivity contribution in [1.29, 1.82) is 0 Å². The number of fused-ring (bicyclic) bond motifs is 1. The molecule has 7 nitrogen and oxygen atoms in total. The zero-order valence-electron chi connectivity index (χ0n) is 16.3. The van der Waals surface area contributed by atoms with E-state index in [-0.39, 0.29) is 17.9 Å². The summed E-state index contributed by atoms with van der Waals surface area (Å²) in [5, 5.41) is 9.37. The lowest BCUT2D eigenvalue weighted by atomic mass is 10.0. The first-order valence-electron chi connectivity index (χ1n) is 9.56. The topological polar surface area (TPSA) is 88.2 Å². The third-order valence-corrected chi connectivity index (χ3v) is 4.68. The van der Waals surface area contributed by atoms with Gasteiger partial charge in [0.15, 0.2) is 11.6 Å². The highest BCUT2D eigenvalue weighted by Crippen LogP contribution is 2.34. The normalized spacial score (nSPS) is 15.3. The molecule has 2 heterocycles. The van der Waals surface area contributed by atoms with Crippen LogP contribution in [-0.4, -0.2) is 21.9 Å². The Labute approximate surface area is 169 Å². The average Bonchev–Trinajstić information content (AvgIpc) is 2.73. The highest BCUT2D eigenvalue weighted by atomic mass is 16.5. The van der Waals surface area contributed by atoms with E-state index >= 15 is 0 Å². The molecule has 0 bridgehead atoms. The molecule has 0 fully saturated rings. The maximum Gasteiger partial charge on any atom is 0.247 e. The molecule has 1 atom stereocenters. The van der Waals surface area contributed by atoms with Crippen LogP contribution in [0, 0.1) is 5.92 Å². The Hall–Kier alpha value is -3.61. The Morgan fingerprint density at radius 1 is 1.10 bits per heavy atom. The van der Waals surface area contributed by atoms with E-state index in [4.69, 9.17) is 4.74 Å². The Balaban J connectivity index is 1.50. The van der Waals surface area contributed by atoms with E-state index in [1.807, 2.05) is 68.4 Å². The molecule has 3 aromatic rings. The standard InChI is InChI=1S/C22H23N5O2/c1-14(2)18-22(28)27-19-20(23-13-24-21(19)26-18)25-16-9-6-10-17(11-16)29-12-15-7-4-3-5-8-15/h3-11,13-14,18H,12H2,1-2H3,(H,27,28)(H2,23,24,25,26)/t18-/m0/s1. The number of amides is 1. The van der Waals surface area contributed by atoms with Gasteiger partial charge in [0.2, 0.25) is 5.91 Å². The van der Waals surface area contributed by atoms with Crippen LogP contribution in [0.5, 0.6) is 5.75 Å². The number of carbonyl (C=O) groups excluding carboxylic acids is 1. The fourth-order valence-electron chi connectivity index (χ4n) is 3.13. The molecule has 0 unspecified atom stereocenters.